The molecule has 2 aromatic rings. The quantitative estimate of drug-likeness (QED) is 0.584. The van der Waals surface area contributed by atoms with Crippen molar-refractivity contribution in [2.24, 2.45) is 0 Å². The van der Waals surface area contributed by atoms with Gasteiger partial charge in [-0.25, -0.2) is 0 Å². The molecule has 1 N–H and O–H groups in total. The Labute approximate surface area is 144 Å². The van der Waals surface area contributed by atoms with Gasteiger partial charge in [-0.15, -0.1) is 23.1 Å². The second kappa shape index (κ2) is 9.37. The molecule has 4 nitrogen and oxygen atoms in total. The fourth-order valence-corrected chi connectivity index (χ4v) is 3.66. The van der Waals surface area contributed by atoms with Gasteiger partial charge in [0, 0.05) is 21.9 Å². The molecule has 0 radical (unpaired) electrons. The summed E-state index contributed by atoms with van der Waals surface area (Å²) in [6, 6.07) is 13.5. The predicted molar refractivity (Wildman–Crippen MR) is 93.6 cm³/mol. The van der Waals surface area contributed by atoms with Crippen LogP contribution in [0.1, 0.15) is 23.8 Å². The van der Waals surface area contributed by atoms with Gasteiger partial charge in [0.25, 0.3) is 0 Å². The lowest BCUT2D eigenvalue weighted by Gasteiger charge is -2.16. The first kappa shape index (κ1) is 17.6. The number of methoxy groups -OCH3 is 1. The van der Waals surface area contributed by atoms with Crippen molar-refractivity contribution in [2.75, 3.05) is 12.9 Å². The zero-order valence-electron chi connectivity index (χ0n) is 12.9. The normalized spacial score (nSPS) is 11.7. The second-order valence-corrected chi connectivity index (χ2v) is 6.97. The first-order valence-electron chi connectivity index (χ1n) is 7.26. The van der Waals surface area contributed by atoms with Gasteiger partial charge in [-0.3, -0.25) is 9.59 Å². The van der Waals surface area contributed by atoms with E-state index < -0.39 is 0 Å². The molecule has 1 amide bonds. The highest BCUT2D eigenvalue weighted by Gasteiger charge is 2.19. The lowest BCUT2D eigenvalue weighted by molar-refractivity contribution is -0.141. The van der Waals surface area contributed by atoms with Crippen molar-refractivity contribution < 1.29 is 14.3 Å². The molecule has 1 aromatic carbocycles. The number of esters is 1. The molecule has 0 aliphatic heterocycles. The maximum Gasteiger partial charge on any atom is 0.307 e. The van der Waals surface area contributed by atoms with Gasteiger partial charge in [0.15, 0.2) is 0 Å². The summed E-state index contributed by atoms with van der Waals surface area (Å²) in [5, 5.41) is 4.86. The van der Waals surface area contributed by atoms with Crippen LogP contribution in [0.25, 0.3) is 0 Å². The van der Waals surface area contributed by atoms with Crippen molar-refractivity contribution in [3.8, 4) is 0 Å². The third kappa shape index (κ3) is 6.08. The van der Waals surface area contributed by atoms with Gasteiger partial charge < -0.3 is 10.1 Å². The standard InChI is InChI=1S/C17H19NO3S2/c1-21-17(20)12-14(15-8-5-10-23-15)18-16(19)9-11-22-13-6-3-2-4-7-13/h2-8,10,14H,9,11-12H2,1H3,(H,18,19). The van der Waals surface area contributed by atoms with Crippen molar-refractivity contribution in [2.45, 2.75) is 23.8 Å². The number of rotatable bonds is 8. The number of hydrogen-bond donors (Lipinski definition) is 1. The van der Waals surface area contributed by atoms with E-state index in [1.54, 1.807) is 11.8 Å². The van der Waals surface area contributed by atoms with E-state index in [-0.39, 0.29) is 24.3 Å². The average Bonchev–Trinajstić information content (AvgIpc) is 3.09. The Morgan fingerprint density at radius 1 is 1.22 bits per heavy atom. The van der Waals surface area contributed by atoms with Crippen molar-refractivity contribution in [1.29, 1.82) is 0 Å². The number of carbonyl (C=O) groups is 2. The van der Waals surface area contributed by atoms with Gasteiger partial charge in [-0.2, -0.15) is 0 Å². The van der Waals surface area contributed by atoms with E-state index in [1.165, 1.54) is 18.4 Å². The maximum atomic E-state index is 12.1. The van der Waals surface area contributed by atoms with Crippen LogP contribution in [0.5, 0.6) is 0 Å². The smallest absolute Gasteiger partial charge is 0.307 e. The van der Waals surface area contributed by atoms with Crippen molar-refractivity contribution >= 4 is 35.0 Å². The van der Waals surface area contributed by atoms with Crippen LogP contribution >= 0.6 is 23.1 Å². The first-order chi connectivity index (χ1) is 11.2. The first-order valence-corrected chi connectivity index (χ1v) is 9.13. The molecule has 1 heterocycles. The minimum absolute atomic E-state index is 0.0595. The van der Waals surface area contributed by atoms with Crippen LogP contribution in [0.3, 0.4) is 0 Å². The van der Waals surface area contributed by atoms with Gasteiger partial charge in [0.2, 0.25) is 5.91 Å². The summed E-state index contributed by atoms with van der Waals surface area (Å²) in [5.41, 5.74) is 0. The molecule has 0 aliphatic rings. The van der Waals surface area contributed by atoms with Crippen LogP contribution in [0, 0.1) is 0 Å². The number of hydrogen-bond acceptors (Lipinski definition) is 5. The molecule has 0 bridgehead atoms. The molecule has 122 valence electrons. The van der Waals surface area contributed by atoms with Crippen molar-refractivity contribution in [3.05, 3.63) is 52.7 Å². The van der Waals surface area contributed by atoms with Gasteiger partial charge in [-0.1, -0.05) is 24.3 Å². The van der Waals surface area contributed by atoms with Crippen LogP contribution in [0.2, 0.25) is 0 Å². The summed E-state index contributed by atoms with van der Waals surface area (Å²) in [6.45, 7) is 0. The number of thiophene rings is 1. The van der Waals surface area contributed by atoms with Crippen molar-refractivity contribution in [1.82, 2.24) is 5.32 Å². The molecule has 1 unspecified atom stereocenters. The maximum absolute atomic E-state index is 12.1. The molecule has 2 rings (SSSR count). The zero-order chi connectivity index (χ0) is 16.5. The van der Waals surface area contributed by atoms with E-state index in [0.717, 1.165) is 9.77 Å². The third-order valence-corrected chi connectivity index (χ3v) is 5.16. The molecule has 6 heteroatoms. The second-order valence-electron chi connectivity index (χ2n) is 4.83. The Kier molecular flexibility index (Phi) is 7.16. The Bertz CT molecular complexity index is 614. The van der Waals surface area contributed by atoms with Crippen LogP contribution in [0.4, 0.5) is 0 Å². The summed E-state index contributed by atoms with van der Waals surface area (Å²) >= 11 is 3.16. The Morgan fingerprint density at radius 3 is 2.65 bits per heavy atom. The highest BCUT2D eigenvalue weighted by atomic mass is 32.2. The Morgan fingerprint density at radius 2 is 2.00 bits per heavy atom. The van der Waals surface area contributed by atoms with Gasteiger partial charge in [0.05, 0.1) is 19.6 Å². The number of benzene rings is 1. The van der Waals surface area contributed by atoms with E-state index in [0.29, 0.717) is 12.2 Å². The summed E-state index contributed by atoms with van der Waals surface area (Å²) in [7, 11) is 1.35. The molecule has 0 saturated heterocycles. The number of ether oxygens (including phenoxy) is 1. The minimum atomic E-state index is -0.331. The lowest BCUT2D eigenvalue weighted by Crippen LogP contribution is -2.30. The van der Waals surface area contributed by atoms with Gasteiger partial charge in [-0.05, 0) is 23.6 Å². The van der Waals surface area contributed by atoms with E-state index in [4.69, 9.17) is 4.74 Å². The van der Waals surface area contributed by atoms with Crippen molar-refractivity contribution in [3.63, 3.8) is 0 Å². The van der Waals surface area contributed by atoms with E-state index in [1.807, 2.05) is 47.8 Å². The lowest BCUT2D eigenvalue weighted by atomic mass is 10.1. The molecule has 1 aromatic heterocycles. The zero-order valence-corrected chi connectivity index (χ0v) is 14.5. The molecule has 23 heavy (non-hydrogen) atoms. The topological polar surface area (TPSA) is 55.4 Å². The van der Waals surface area contributed by atoms with E-state index in [9.17, 15) is 9.59 Å². The monoisotopic (exact) mass is 349 g/mol. The summed E-state index contributed by atoms with van der Waals surface area (Å²) in [5.74, 6) is 0.309. The molecular formula is C17H19NO3S2. The summed E-state index contributed by atoms with van der Waals surface area (Å²) in [6.07, 6.45) is 0.553. The molecule has 0 aliphatic carbocycles. The number of carbonyl (C=O) groups excluding carboxylic acids is 2. The number of thioether (sulfide) groups is 1. The molecular weight excluding hydrogens is 330 g/mol. The number of amides is 1. The summed E-state index contributed by atoms with van der Waals surface area (Å²) in [4.78, 5) is 25.8. The molecule has 0 saturated carbocycles. The van der Waals surface area contributed by atoms with Crippen LogP contribution in [-0.4, -0.2) is 24.7 Å². The highest BCUT2D eigenvalue weighted by molar-refractivity contribution is 7.99. The SMILES string of the molecule is COC(=O)CC(NC(=O)CCSc1ccccc1)c1cccs1. The molecule has 1 atom stereocenters. The van der Waals surface area contributed by atoms with Crippen LogP contribution in [0.15, 0.2) is 52.7 Å². The highest BCUT2D eigenvalue weighted by Crippen LogP contribution is 2.23. The van der Waals surface area contributed by atoms with Gasteiger partial charge >= 0.3 is 5.97 Å². The third-order valence-electron chi connectivity index (χ3n) is 3.16. The average molecular weight is 349 g/mol. The predicted octanol–water partition coefficient (Wildman–Crippen LogP) is 3.65. The molecule has 0 fully saturated rings. The van der Waals surface area contributed by atoms with Crippen LogP contribution < -0.4 is 5.32 Å². The van der Waals surface area contributed by atoms with E-state index in [2.05, 4.69) is 5.32 Å². The van der Waals surface area contributed by atoms with E-state index >= 15 is 0 Å². The summed E-state index contributed by atoms with van der Waals surface area (Å²) < 4.78 is 4.71. The minimum Gasteiger partial charge on any atom is -0.469 e. The molecule has 0 spiro atoms. The number of nitrogens with one attached hydrogen (secondary N) is 1. The van der Waals surface area contributed by atoms with Crippen LogP contribution in [-0.2, 0) is 14.3 Å². The Balaban J connectivity index is 1.83. The fraction of sp³-hybridized carbons (Fsp3) is 0.294. The Hall–Kier alpha value is -1.79. The fourth-order valence-electron chi connectivity index (χ4n) is 2.01. The van der Waals surface area contributed by atoms with Gasteiger partial charge in [0.1, 0.15) is 0 Å². The largest absolute Gasteiger partial charge is 0.469 e.